The van der Waals surface area contributed by atoms with Crippen LogP contribution in [-0.2, 0) is 19.4 Å². The lowest BCUT2D eigenvalue weighted by Gasteiger charge is -2.33. The molecule has 6 nitrogen and oxygen atoms in total. The van der Waals surface area contributed by atoms with Gasteiger partial charge in [-0.15, -0.1) is 0 Å². The van der Waals surface area contributed by atoms with Crippen LogP contribution in [0.4, 0.5) is 0 Å². The molecule has 0 aromatic carbocycles. The van der Waals surface area contributed by atoms with Gasteiger partial charge in [-0.25, -0.2) is 8.42 Å². The van der Waals surface area contributed by atoms with Gasteiger partial charge in [-0.05, 0) is 27.7 Å². The van der Waals surface area contributed by atoms with Gasteiger partial charge < -0.3 is 10.2 Å². The smallest absolute Gasteiger partial charge is 0.242 e. The van der Waals surface area contributed by atoms with E-state index in [2.05, 4.69) is 5.32 Å². The van der Waals surface area contributed by atoms with Crippen molar-refractivity contribution in [1.82, 2.24) is 10.2 Å². The molecular weight excluding hydrogens is 256 g/mol. The van der Waals surface area contributed by atoms with Crippen LogP contribution in [0, 0.1) is 0 Å². The minimum Gasteiger partial charge on any atom is -0.345 e. The number of rotatable bonds is 3. The maximum absolute atomic E-state index is 12.0. The maximum Gasteiger partial charge on any atom is 0.242 e. The Kier molecular flexibility index (Phi) is 4.05. The lowest BCUT2D eigenvalue weighted by molar-refractivity contribution is -0.144. The molecule has 0 aromatic heterocycles. The average molecular weight is 276 g/mol. The van der Waals surface area contributed by atoms with Crippen LogP contribution in [0.5, 0.6) is 0 Å². The minimum absolute atomic E-state index is 0.0568. The summed E-state index contributed by atoms with van der Waals surface area (Å²) in [6.45, 7) is 6.46. The van der Waals surface area contributed by atoms with Gasteiger partial charge in [0, 0.05) is 6.54 Å². The number of carbonyl (C=O) groups is 2. The van der Waals surface area contributed by atoms with Crippen molar-refractivity contribution in [2.45, 2.75) is 38.5 Å². The first-order valence-electron chi connectivity index (χ1n) is 5.86. The highest BCUT2D eigenvalue weighted by atomic mass is 32.2. The van der Waals surface area contributed by atoms with Gasteiger partial charge in [0.2, 0.25) is 11.8 Å². The zero-order valence-corrected chi connectivity index (χ0v) is 12.0. The number of nitrogens with zero attached hydrogens (tertiary/aromatic N) is 1. The molecule has 1 rings (SSSR count). The third-order valence-electron chi connectivity index (χ3n) is 3.12. The van der Waals surface area contributed by atoms with Crippen LogP contribution in [0.1, 0.15) is 27.7 Å². The molecule has 1 N–H and O–H groups in total. The summed E-state index contributed by atoms with van der Waals surface area (Å²) in [5.41, 5.74) is 0. The molecule has 18 heavy (non-hydrogen) atoms. The number of piperazine rings is 1. The van der Waals surface area contributed by atoms with Crippen molar-refractivity contribution in [2.75, 3.05) is 18.8 Å². The number of carbonyl (C=O) groups excluding carboxylic acids is 2. The summed E-state index contributed by atoms with van der Waals surface area (Å²) in [5.74, 6) is -0.617. The second-order valence-electron chi connectivity index (χ2n) is 5.41. The highest BCUT2D eigenvalue weighted by molar-refractivity contribution is 7.92. The Labute approximate surface area is 108 Å². The van der Waals surface area contributed by atoms with E-state index in [-0.39, 0.29) is 30.7 Å². The van der Waals surface area contributed by atoms with E-state index < -0.39 is 20.6 Å². The van der Waals surface area contributed by atoms with Crippen molar-refractivity contribution >= 4 is 21.7 Å². The fourth-order valence-electron chi connectivity index (χ4n) is 1.61. The first-order valence-corrected chi connectivity index (χ1v) is 7.51. The molecule has 104 valence electrons. The largest absolute Gasteiger partial charge is 0.345 e. The number of hydrogen-bond donors (Lipinski definition) is 1. The van der Waals surface area contributed by atoms with Crippen molar-refractivity contribution in [2.24, 2.45) is 0 Å². The highest BCUT2D eigenvalue weighted by Crippen LogP contribution is 2.17. The molecule has 1 unspecified atom stereocenters. The van der Waals surface area contributed by atoms with Crippen LogP contribution in [0.2, 0.25) is 0 Å². The van der Waals surface area contributed by atoms with Crippen molar-refractivity contribution in [3.05, 3.63) is 0 Å². The Balaban J connectivity index is 2.74. The lowest BCUT2D eigenvalue weighted by Crippen LogP contribution is -2.58. The van der Waals surface area contributed by atoms with Gasteiger partial charge in [-0.1, -0.05) is 0 Å². The fourth-order valence-corrected chi connectivity index (χ4v) is 2.66. The lowest BCUT2D eigenvalue weighted by atomic mass is 10.2. The summed E-state index contributed by atoms with van der Waals surface area (Å²) in [6, 6.07) is -0.610. The molecule has 0 aliphatic carbocycles. The van der Waals surface area contributed by atoms with Crippen molar-refractivity contribution in [1.29, 1.82) is 0 Å². The predicted molar refractivity (Wildman–Crippen MR) is 67.7 cm³/mol. The Hall–Kier alpha value is -1.11. The molecule has 1 aliphatic rings. The second kappa shape index (κ2) is 4.87. The molecular formula is C11H20N2O4S. The minimum atomic E-state index is -3.29. The summed E-state index contributed by atoms with van der Waals surface area (Å²) in [7, 11) is -3.29. The highest BCUT2D eigenvalue weighted by Gasteiger charge is 2.34. The first-order chi connectivity index (χ1) is 8.06. The van der Waals surface area contributed by atoms with Crippen molar-refractivity contribution < 1.29 is 18.0 Å². The van der Waals surface area contributed by atoms with E-state index in [0.29, 0.717) is 0 Å². The van der Waals surface area contributed by atoms with E-state index >= 15 is 0 Å². The molecule has 1 heterocycles. The van der Waals surface area contributed by atoms with Gasteiger partial charge in [0.15, 0.2) is 9.84 Å². The van der Waals surface area contributed by atoms with Gasteiger partial charge in [0.25, 0.3) is 0 Å². The van der Waals surface area contributed by atoms with Crippen LogP contribution >= 0.6 is 0 Å². The Morgan fingerprint density at radius 1 is 1.33 bits per heavy atom. The van der Waals surface area contributed by atoms with Gasteiger partial charge in [0.05, 0.1) is 17.0 Å². The summed E-state index contributed by atoms with van der Waals surface area (Å²) < 4.78 is 23.1. The van der Waals surface area contributed by atoms with Gasteiger partial charge in [-0.3, -0.25) is 9.59 Å². The standard InChI is InChI=1S/C11H20N2O4S/c1-8-10(15)12-7-9(14)13(8)5-6-18(16,17)11(2,3)4/h8H,5-7H2,1-4H3,(H,12,15). The van der Waals surface area contributed by atoms with Gasteiger partial charge >= 0.3 is 0 Å². The Morgan fingerprint density at radius 2 is 1.89 bits per heavy atom. The summed E-state index contributed by atoms with van der Waals surface area (Å²) in [5, 5.41) is 2.46. The van der Waals surface area contributed by atoms with E-state index in [1.54, 1.807) is 27.7 Å². The van der Waals surface area contributed by atoms with E-state index in [1.165, 1.54) is 4.90 Å². The van der Waals surface area contributed by atoms with Crippen LogP contribution < -0.4 is 5.32 Å². The van der Waals surface area contributed by atoms with E-state index in [9.17, 15) is 18.0 Å². The van der Waals surface area contributed by atoms with Crippen LogP contribution in [0.3, 0.4) is 0 Å². The number of hydrogen-bond acceptors (Lipinski definition) is 4. The number of sulfone groups is 1. The van der Waals surface area contributed by atoms with Crippen molar-refractivity contribution in [3.63, 3.8) is 0 Å². The SMILES string of the molecule is CC1C(=O)NCC(=O)N1CCS(=O)(=O)C(C)(C)C. The molecule has 0 radical (unpaired) electrons. The maximum atomic E-state index is 12.0. The zero-order valence-electron chi connectivity index (χ0n) is 11.2. The van der Waals surface area contributed by atoms with Crippen molar-refractivity contribution in [3.8, 4) is 0 Å². The zero-order chi connectivity index (χ0) is 14.1. The average Bonchev–Trinajstić information content (AvgIpc) is 2.22. The van der Waals surface area contributed by atoms with Crippen LogP contribution in [0.25, 0.3) is 0 Å². The monoisotopic (exact) mass is 276 g/mol. The van der Waals surface area contributed by atoms with Gasteiger partial charge in [-0.2, -0.15) is 0 Å². The van der Waals surface area contributed by atoms with E-state index in [0.717, 1.165) is 0 Å². The fraction of sp³-hybridized carbons (Fsp3) is 0.818. The van der Waals surface area contributed by atoms with E-state index in [4.69, 9.17) is 0 Å². The number of amides is 2. The second-order valence-corrected chi connectivity index (χ2v) is 8.27. The molecule has 1 aliphatic heterocycles. The van der Waals surface area contributed by atoms with E-state index in [1.807, 2.05) is 0 Å². The Morgan fingerprint density at radius 3 is 2.39 bits per heavy atom. The molecule has 1 atom stereocenters. The third kappa shape index (κ3) is 3.01. The molecule has 7 heteroatoms. The molecule has 1 fully saturated rings. The molecule has 1 saturated heterocycles. The molecule has 0 bridgehead atoms. The number of nitrogens with one attached hydrogen (secondary N) is 1. The van der Waals surface area contributed by atoms with Crippen LogP contribution in [0.15, 0.2) is 0 Å². The van der Waals surface area contributed by atoms with Gasteiger partial charge in [0.1, 0.15) is 6.04 Å². The van der Waals surface area contributed by atoms with Crippen LogP contribution in [-0.4, -0.2) is 54.8 Å². The normalized spacial score (nSPS) is 22.0. The third-order valence-corrected chi connectivity index (χ3v) is 5.70. The topological polar surface area (TPSA) is 83.6 Å². The molecule has 2 amide bonds. The molecule has 0 saturated carbocycles. The molecule has 0 aromatic rings. The summed E-state index contributed by atoms with van der Waals surface area (Å²) in [4.78, 5) is 24.4. The quantitative estimate of drug-likeness (QED) is 0.756. The summed E-state index contributed by atoms with van der Waals surface area (Å²) in [6.07, 6.45) is 0. The summed E-state index contributed by atoms with van der Waals surface area (Å²) >= 11 is 0. The first kappa shape index (κ1) is 14.9. The predicted octanol–water partition coefficient (Wildman–Crippen LogP) is -0.453. The Bertz CT molecular complexity index is 450. The molecule has 0 spiro atoms.